The summed E-state index contributed by atoms with van der Waals surface area (Å²) in [5.41, 5.74) is 9.72. The number of hydrogen-bond donors (Lipinski definition) is 3. The van der Waals surface area contributed by atoms with Crippen LogP contribution in [-0.4, -0.2) is 113 Å². The Morgan fingerprint density at radius 3 is 1.59 bits per heavy atom. The van der Waals surface area contributed by atoms with E-state index >= 15 is 0 Å². The first-order chi connectivity index (χ1) is 64.6. The summed E-state index contributed by atoms with van der Waals surface area (Å²) in [7, 11) is -7.43. The number of benzene rings is 8. The number of nitrogens with one attached hydrogen (secondary N) is 1. The lowest BCUT2D eigenvalue weighted by Crippen LogP contribution is -2.45. The number of rotatable bonds is 38. The number of ether oxygens (including phenoxy) is 1. The number of amides is 1. The number of nitrogens with zero attached hydrogens (tertiary/aromatic N) is 7. The fourth-order valence-electron chi connectivity index (χ4n) is 14.8. The van der Waals surface area contributed by atoms with Crippen LogP contribution in [0.5, 0.6) is 5.75 Å². The van der Waals surface area contributed by atoms with Crippen LogP contribution in [0.4, 0.5) is 17.1 Å². The summed E-state index contributed by atoms with van der Waals surface area (Å²) in [4.78, 5) is 37.2. The van der Waals surface area contributed by atoms with Crippen LogP contribution in [0.1, 0.15) is 147 Å². The molecule has 718 valence electrons. The van der Waals surface area contributed by atoms with Gasteiger partial charge < -0.3 is 28.5 Å². The summed E-state index contributed by atoms with van der Waals surface area (Å²) < 4.78 is 121. The fraction of sp³-hybridized carbons (Fsp3) is 0.323. The standard InChI is InChI=1S/C26H27Cl2N3O6S4.C25H26Cl2N2O3S3.C25H22ClN2S2.C23H35NO4S/c1-3-17(12-25-30(10-4-5-11-41(35,36)37)20-14-18(27)6-8-22(20)38-25)13-26-31(16-24(32)29-40(2,33)34)21-15-19(28)7-9-23(21)39-26;1-3-17(13-24-28(4-2)20-15-18(26)7-9-22(20)33-24)14-25-29(11-5-6-12-35(30,31)32)21-16-19(27)8-10-23(21)34-25;1-4-16(13-23-27(2)20-15-18(26)10-12-21(20)29-23)14-24-28(3)25-19-8-6-5-7-17(19)9-11-22(25)30-24;1-4-7-8-9-10-14-20-27-23(25)22(18-15-19-24(5-2)6-3)29(26)28-21-16-12-11-13-17-21/h6-9,12-15H,3-5,10-11,16H2,1-2H3,(H-,29,32,35,36,37);7-10,13-16H,3-6,11-12H2,1-2H3;5-15H,4H2,1-3H3;11-13,15-19H,4-10,14,20H2,1-3H3/q;;+1;/p+2/b;;;19-15+,22-18+. The van der Waals surface area contributed by atoms with E-state index in [-0.39, 0.29) is 23.0 Å². The van der Waals surface area contributed by atoms with E-state index in [4.69, 9.17) is 76.0 Å². The topological polar surface area (TPSA) is 249 Å². The van der Waals surface area contributed by atoms with Crippen LogP contribution in [0.3, 0.4) is 0 Å². The lowest BCUT2D eigenvalue weighted by atomic mass is 10.1. The van der Waals surface area contributed by atoms with Gasteiger partial charge in [0.05, 0.1) is 61.9 Å². The number of aryl methyl sites for hydroxylation is 2. The number of carbonyl (C=O) groups is 2. The number of thiazole rings is 3. The van der Waals surface area contributed by atoms with Crippen LogP contribution in [0.2, 0.25) is 25.1 Å². The zero-order chi connectivity index (χ0) is 97.3. The maximum Gasteiger partial charge on any atom is 0.350 e. The van der Waals surface area contributed by atoms with Crippen molar-refractivity contribution >= 4 is 257 Å². The number of carbonyl (C=O) groups excluding carboxylic acids is 2. The number of unbranched alkanes of at least 4 members (excludes halogenated alkanes) is 7. The third-order valence-electron chi connectivity index (χ3n) is 21.8. The maximum atomic E-state index is 12.6. The molecule has 0 saturated heterocycles. The van der Waals surface area contributed by atoms with Crippen molar-refractivity contribution in [1.29, 1.82) is 0 Å². The van der Waals surface area contributed by atoms with Crippen LogP contribution in [-0.2, 0) is 75.8 Å². The molecule has 1 atom stereocenters. The average molecular weight is 2120 g/mol. The van der Waals surface area contributed by atoms with Crippen LogP contribution in [0, 0.1) is 0 Å². The van der Waals surface area contributed by atoms with Gasteiger partial charge in [-0.1, -0.05) is 230 Å². The van der Waals surface area contributed by atoms with Crippen molar-refractivity contribution in [1.82, 2.24) is 9.62 Å². The highest BCUT2D eigenvalue weighted by molar-refractivity contribution is 8.04. The number of allylic oxidation sites excluding steroid dienone is 8. The molecule has 3 aliphatic heterocycles. The molecular weight excluding hydrogens is 2010 g/mol. The average Bonchev–Trinajstić information content (AvgIpc) is 1.62. The SMILES string of the molecule is CCC(/C=C1\Sc2ccc(Cl)cc2N1CC)=C\c1sc2ccc(Cl)cc2[n+]1CCCCS(=O)(=O)O.CCC(=Cc1sc2ccc(Cl)cc2[n+]1CC(=O)NS(C)(=O)=O)C=C1Sc2ccc(Cl)cc2N1CCCCS(=O)(=O)O.CCC(=Cc1sc2ccc3ccccc3c2[n+]1C)C=C1Sc2ccc(Cl)cc2N1C.CCCCCCCCOC(=O)/C(=C\C=C\N(CC)CC)S(=O)Oc1ccccc1. The first kappa shape index (κ1) is 107. The molecule has 0 saturated carbocycles. The molecule has 21 nitrogen and oxygen atoms in total. The predicted octanol–water partition coefficient (Wildman–Crippen LogP) is 25.7. The molecule has 3 N–H and O–H groups in total. The Balaban J connectivity index is 0.000000175. The first-order valence-electron chi connectivity index (χ1n) is 44.4. The summed E-state index contributed by atoms with van der Waals surface area (Å²) >= 11 is 39.4. The van der Waals surface area contributed by atoms with E-state index < -0.39 is 53.2 Å². The number of sulfonamides is 1. The van der Waals surface area contributed by atoms with Gasteiger partial charge in [0, 0.05) is 110 Å². The van der Waals surface area contributed by atoms with Crippen molar-refractivity contribution in [2.45, 2.75) is 160 Å². The second kappa shape index (κ2) is 51.2. The van der Waals surface area contributed by atoms with Gasteiger partial charge in [0.2, 0.25) is 44.2 Å². The zero-order valence-corrected chi connectivity index (χ0v) is 88.7. The summed E-state index contributed by atoms with van der Waals surface area (Å²) in [5, 5.41) is 12.2. The van der Waals surface area contributed by atoms with Gasteiger partial charge in [-0.3, -0.25) is 13.9 Å². The number of para-hydroxylation sites is 1. The van der Waals surface area contributed by atoms with Crippen molar-refractivity contribution in [2.24, 2.45) is 7.05 Å². The van der Waals surface area contributed by atoms with Gasteiger partial charge in [0.25, 0.3) is 41.2 Å². The minimum Gasteiger partial charge on any atom is -0.462 e. The molecule has 0 radical (unpaired) electrons. The molecule has 0 fully saturated rings. The quantitative estimate of drug-likeness (QED) is 0.00812. The highest BCUT2D eigenvalue weighted by Gasteiger charge is 2.32. The Morgan fingerprint density at radius 1 is 0.533 bits per heavy atom. The minimum atomic E-state index is -4.04. The molecular formula is C99H112Cl5N8O13S10+3. The Kier molecular flexibility index (Phi) is 40.8. The van der Waals surface area contributed by atoms with Crippen molar-refractivity contribution in [2.75, 3.05) is 72.3 Å². The highest BCUT2D eigenvalue weighted by Crippen LogP contribution is 2.50. The number of halogens is 5. The predicted molar refractivity (Wildman–Crippen MR) is 568 cm³/mol. The van der Waals surface area contributed by atoms with Gasteiger partial charge in [-0.25, -0.2) is 22.1 Å². The Bertz CT molecular complexity index is 6750. The van der Waals surface area contributed by atoms with E-state index in [0.29, 0.717) is 78.1 Å². The Hall–Kier alpha value is -8.03. The van der Waals surface area contributed by atoms with Crippen molar-refractivity contribution < 1.29 is 70.8 Å². The monoisotopic (exact) mass is 2120 g/mol. The molecule has 3 aromatic heterocycles. The zero-order valence-electron chi connectivity index (χ0n) is 76.8. The molecule has 14 rings (SSSR count). The van der Waals surface area contributed by atoms with Crippen molar-refractivity contribution in [3.63, 3.8) is 0 Å². The Labute approximate surface area is 845 Å². The molecule has 6 heterocycles. The molecule has 3 aliphatic rings. The van der Waals surface area contributed by atoms with E-state index in [1.54, 1.807) is 93.7 Å². The third kappa shape index (κ3) is 31.2. The number of anilines is 3. The largest absolute Gasteiger partial charge is 0.462 e. The molecule has 0 spiro atoms. The number of fused-ring (bicyclic) bond motifs is 8. The number of aromatic nitrogens is 3. The summed E-state index contributed by atoms with van der Waals surface area (Å²) in [5.74, 6) is -1.37. The normalized spacial score (nSPS) is 14.8. The molecule has 8 aromatic carbocycles. The summed E-state index contributed by atoms with van der Waals surface area (Å²) in [6.45, 7) is 18.6. The minimum absolute atomic E-state index is 0.00300. The molecule has 36 heteroatoms. The second-order valence-electron chi connectivity index (χ2n) is 31.7. The van der Waals surface area contributed by atoms with Crippen LogP contribution in [0.15, 0.2) is 246 Å². The van der Waals surface area contributed by atoms with E-state index in [2.05, 4.69) is 143 Å². The highest BCUT2D eigenvalue weighted by atomic mass is 35.5. The van der Waals surface area contributed by atoms with Crippen LogP contribution >= 0.6 is 127 Å². The molecule has 135 heavy (non-hydrogen) atoms. The van der Waals surface area contributed by atoms with Crippen molar-refractivity contribution in [3.05, 3.63) is 271 Å². The van der Waals surface area contributed by atoms with Gasteiger partial charge in [-0.2, -0.15) is 30.5 Å². The maximum absolute atomic E-state index is 12.6. The summed E-state index contributed by atoms with van der Waals surface area (Å²) in [6.07, 6.45) is 30.1. The molecule has 0 bridgehead atoms. The summed E-state index contributed by atoms with van der Waals surface area (Å²) in [6, 6.07) is 50.8. The first-order valence-corrected chi connectivity index (χ1v) is 57.4. The van der Waals surface area contributed by atoms with Crippen molar-refractivity contribution in [3.8, 4) is 5.75 Å². The van der Waals surface area contributed by atoms with E-state index in [9.17, 15) is 39.1 Å². The lowest BCUT2D eigenvalue weighted by Gasteiger charge is -2.21. The van der Waals surface area contributed by atoms with E-state index in [1.165, 1.54) is 99.4 Å². The molecule has 1 unspecified atom stereocenters. The second-order valence-corrected chi connectivity index (χ2v) is 46.2. The number of esters is 1. The van der Waals surface area contributed by atoms with Crippen LogP contribution < -0.4 is 37.3 Å². The molecule has 1 amide bonds. The number of hydrogen-bond acceptors (Lipinski definition) is 21. The third-order valence-corrected chi connectivity index (χ3v) is 32.9. The number of thioether (sulfide) groups is 3. The fourth-order valence-corrected chi connectivity index (χ4v) is 24.9. The van der Waals surface area contributed by atoms with Gasteiger partial charge in [0.15, 0.2) is 11.4 Å². The van der Waals surface area contributed by atoms with Gasteiger partial charge in [-0.05, 0) is 228 Å². The van der Waals surface area contributed by atoms with Crippen LogP contribution in [0.25, 0.3) is 59.7 Å². The van der Waals surface area contributed by atoms with E-state index in [1.807, 2.05) is 128 Å². The molecule has 0 aliphatic carbocycles. The lowest BCUT2D eigenvalue weighted by molar-refractivity contribution is -0.669. The van der Waals surface area contributed by atoms with Gasteiger partial charge >= 0.3 is 5.97 Å². The Morgan fingerprint density at radius 2 is 1.01 bits per heavy atom. The van der Waals surface area contributed by atoms with Gasteiger partial charge in [0.1, 0.15) is 26.9 Å². The van der Waals surface area contributed by atoms with E-state index in [0.717, 1.165) is 120 Å². The van der Waals surface area contributed by atoms with Gasteiger partial charge in [-0.15, -0.1) is 0 Å². The smallest absolute Gasteiger partial charge is 0.350 e. The molecule has 11 aromatic rings.